The van der Waals surface area contributed by atoms with E-state index >= 15 is 0 Å². The summed E-state index contributed by atoms with van der Waals surface area (Å²) in [6, 6.07) is 6.11. The lowest BCUT2D eigenvalue weighted by molar-refractivity contribution is 0.0750. The van der Waals surface area contributed by atoms with E-state index in [1.807, 2.05) is 5.01 Å². The average molecular weight is 413 g/mol. The lowest BCUT2D eigenvalue weighted by Crippen LogP contribution is -2.45. The number of hydrazine groups is 1. The molecule has 0 bridgehead atoms. The normalized spacial score (nSPS) is 15.5. The van der Waals surface area contributed by atoms with Crippen LogP contribution >= 0.6 is 11.6 Å². The van der Waals surface area contributed by atoms with Crippen LogP contribution in [0.4, 0.5) is 5.69 Å². The van der Waals surface area contributed by atoms with Crippen molar-refractivity contribution in [3.05, 3.63) is 46.9 Å². The van der Waals surface area contributed by atoms with Crippen molar-refractivity contribution < 1.29 is 17.6 Å². The molecular weight excluding hydrogens is 392 g/mol. The van der Waals surface area contributed by atoms with Crippen LogP contribution in [-0.4, -0.2) is 32.4 Å². The first kappa shape index (κ1) is 19.7. The van der Waals surface area contributed by atoms with Crippen LogP contribution in [0.1, 0.15) is 35.4 Å². The van der Waals surface area contributed by atoms with E-state index in [9.17, 15) is 13.2 Å². The molecule has 1 aliphatic rings. The summed E-state index contributed by atoms with van der Waals surface area (Å²) >= 11 is 6.08. The van der Waals surface area contributed by atoms with E-state index in [0.29, 0.717) is 18.0 Å². The number of hydrogen-bond acceptors (Lipinski definition) is 6. The molecule has 0 unspecified atom stereocenters. The van der Waals surface area contributed by atoms with Gasteiger partial charge < -0.3 is 9.73 Å². The van der Waals surface area contributed by atoms with Gasteiger partial charge in [0.1, 0.15) is 10.7 Å². The van der Waals surface area contributed by atoms with Gasteiger partial charge in [-0.1, -0.05) is 18.0 Å². The first-order valence-electron chi connectivity index (χ1n) is 8.53. The lowest BCUT2D eigenvalue weighted by Gasteiger charge is -2.27. The molecule has 2 heterocycles. The number of hydrogen-bond donors (Lipinski definition) is 3. The molecule has 27 heavy (non-hydrogen) atoms. The Hall–Kier alpha value is -2.07. The quantitative estimate of drug-likeness (QED) is 0.670. The van der Waals surface area contributed by atoms with E-state index in [2.05, 4.69) is 10.7 Å². The summed E-state index contributed by atoms with van der Waals surface area (Å²) in [6.45, 7) is 1.80. The van der Waals surface area contributed by atoms with Gasteiger partial charge in [-0.05, 0) is 37.1 Å². The van der Waals surface area contributed by atoms with Crippen molar-refractivity contribution >= 4 is 33.2 Å². The van der Waals surface area contributed by atoms with Gasteiger partial charge in [-0.3, -0.25) is 10.2 Å². The number of carbonyl (C=O) groups is 1. The molecule has 1 fully saturated rings. The Labute approximate surface area is 162 Å². The molecule has 0 atom stereocenters. The molecule has 1 aromatic heterocycles. The lowest BCUT2D eigenvalue weighted by atomic mass is 10.1. The molecule has 3 rings (SSSR count). The molecule has 10 heteroatoms. The summed E-state index contributed by atoms with van der Waals surface area (Å²) in [5.74, 6) is 0.226. The van der Waals surface area contributed by atoms with Gasteiger partial charge in [0.05, 0.1) is 23.4 Å². The third-order valence-electron chi connectivity index (χ3n) is 4.27. The number of primary sulfonamides is 1. The second-order valence-electron chi connectivity index (χ2n) is 6.29. The molecule has 4 N–H and O–H groups in total. The number of nitrogens with zero attached hydrogens (tertiary/aromatic N) is 1. The standard InChI is InChI=1S/C17H21ClN4O4S/c18-14-10-15(20-11-12-5-4-8-26-12)13(9-16(14)27(19,24)25)17(23)21-22-6-2-1-3-7-22/h4-5,8-10,20H,1-3,6-7,11H2,(H,21,23)(H2,19,24,25). The van der Waals surface area contributed by atoms with Crippen molar-refractivity contribution in [2.45, 2.75) is 30.7 Å². The maximum absolute atomic E-state index is 12.8. The van der Waals surface area contributed by atoms with Crippen LogP contribution in [0.3, 0.4) is 0 Å². The highest BCUT2D eigenvalue weighted by atomic mass is 35.5. The van der Waals surface area contributed by atoms with E-state index in [1.54, 1.807) is 12.1 Å². The summed E-state index contributed by atoms with van der Waals surface area (Å²) in [4.78, 5) is 12.5. The number of benzene rings is 1. The SMILES string of the molecule is NS(=O)(=O)c1cc(C(=O)NN2CCCCC2)c(NCc2ccco2)cc1Cl. The van der Waals surface area contributed by atoms with Crippen LogP contribution in [0.15, 0.2) is 39.8 Å². The van der Waals surface area contributed by atoms with Gasteiger partial charge in [-0.2, -0.15) is 0 Å². The van der Waals surface area contributed by atoms with Crippen molar-refractivity contribution in [1.82, 2.24) is 10.4 Å². The van der Waals surface area contributed by atoms with Gasteiger partial charge in [-0.15, -0.1) is 0 Å². The molecule has 1 saturated heterocycles. The molecule has 1 aliphatic heterocycles. The van der Waals surface area contributed by atoms with Crippen LogP contribution in [0, 0.1) is 0 Å². The number of furan rings is 1. The molecule has 0 aliphatic carbocycles. The van der Waals surface area contributed by atoms with Gasteiger partial charge in [0.2, 0.25) is 10.0 Å². The first-order chi connectivity index (χ1) is 12.8. The Balaban J connectivity index is 1.90. The predicted molar refractivity (Wildman–Crippen MR) is 102 cm³/mol. The summed E-state index contributed by atoms with van der Waals surface area (Å²) in [5, 5.41) is 10.0. The van der Waals surface area contributed by atoms with E-state index in [4.69, 9.17) is 21.2 Å². The third kappa shape index (κ3) is 5.01. The number of amides is 1. The topological polar surface area (TPSA) is 118 Å². The Kier molecular flexibility index (Phi) is 6.05. The smallest absolute Gasteiger partial charge is 0.267 e. The number of nitrogens with one attached hydrogen (secondary N) is 2. The Bertz CT molecular complexity index is 909. The molecule has 146 valence electrons. The minimum absolute atomic E-state index is 0.0611. The number of rotatable bonds is 6. The monoisotopic (exact) mass is 412 g/mol. The zero-order valence-electron chi connectivity index (χ0n) is 14.6. The van der Waals surface area contributed by atoms with Crippen molar-refractivity contribution in [2.75, 3.05) is 18.4 Å². The van der Waals surface area contributed by atoms with E-state index in [-0.39, 0.29) is 15.5 Å². The molecule has 2 aromatic rings. The number of piperidine rings is 1. The molecule has 1 aromatic carbocycles. The highest BCUT2D eigenvalue weighted by molar-refractivity contribution is 7.89. The number of carbonyl (C=O) groups excluding carboxylic acids is 1. The fourth-order valence-corrected chi connectivity index (χ4v) is 4.01. The minimum atomic E-state index is -4.07. The molecule has 0 saturated carbocycles. The maximum Gasteiger partial charge on any atom is 0.267 e. The third-order valence-corrected chi connectivity index (χ3v) is 5.65. The summed E-state index contributed by atoms with van der Waals surface area (Å²) in [7, 11) is -4.07. The van der Waals surface area contributed by atoms with Gasteiger partial charge in [0.25, 0.3) is 5.91 Å². The van der Waals surface area contributed by atoms with Gasteiger partial charge >= 0.3 is 0 Å². The Morgan fingerprint density at radius 2 is 2.00 bits per heavy atom. The van der Waals surface area contributed by atoms with Crippen molar-refractivity contribution in [3.8, 4) is 0 Å². The number of anilines is 1. The van der Waals surface area contributed by atoms with E-state index < -0.39 is 15.9 Å². The Morgan fingerprint density at radius 1 is 1.26 bits per heavy atom. The van der Waals surface area contributed by atoms with Crippen molar-refractivity contribution in [2.24, 2.45) is 5.14 Å². The van der Waals surface area contributed by atoms with Gasteiger partial charge in [-0.25, -0.2) is 18.6 Å². The van der Waals surface area contributed by atoms with Crippen molar-refractivity contribution in [1.29, 1.82) is 0 Å². The average Bonchev–Trinajstić information content (AvgIpc) is 3.13. The fourth-order valence-electron chi connectivity index (χ4n) is 2.91. The molecule has 8 nitrogen and oxygen atoms in total. The van der Waals surface area contributed by atoms with Crippen molar-refractivity contribution in [3.63, 3.8) is 0 Å². The van der Waals surface area contributed by atoms with Crippen LogP contribution in [0.2, 0.25) is 5.02 Å². The van der Waals surface area contributed by atoms with Gasteiger partial charge in [0.15, 0.2) is 0 Å². The van der Waals surface area contributed by atoms with Crippen LogP contribution in [0.25, 0.3) is 0 Å². The van der Waals surface area contributed by atoms with Crippen LogP contribution in [0.5, 0.6) is 0 Å². The predicted octanol–water partition coefficient (Wildman–Crippen LogP) is 2.32. The highest BCUT2D eigenvalue weighted by Crippen LogP contribution is 2.29. The molecular formula is C17H21ClN4O4S. The molecule has 0 spiro atoms. The minimum Gasteiger partial charge on any atom is -0.467 e. The second kappa shape index (κ2) is 8.30. The number of nitrogens with two attached hydrogens (primary N) is 1. The van der Waals surface area contributed by atoms with E-state index in [0.717, 1.165) is 32.4 Å². The largest absolute Gasteiger partial charge is 0.467 e. The summed E-state index contributed by atoms with van der Waals surface area (Å²) < 4.78 is 28.8. The van der Waals surface area contributed by atoms with Gasteiger partial charge in [0, 0.05) is 18.8 Å². The zero-order chi connectivity index (χ0) is 19.4. The summed E-state index contributed by atoms with van der Waals surface area (Å²) in [5.41, 5.74) is 3.35. The highest BCUT2D eigenvalue weighted by Gasteiger charge is 2.22. The van der Waals surface area contributed by atoms with Crippen LogP contribution in [-0.2, 0) is 16.6 Å². The molecule has 0 radical (unpaired) electrons. The zero-order valence-corrected chi connectivity index (χ0v) is 16.1. The first-order valence-corrected chi connectivity index (χ1v) is 10.5. The number of sulfonamides is 1. The Morgan fingerprint density at radius 3 is 2.63 bits per heavy atom. The van der Waals surface area contributed by atoms with E-state index in [1.165, 1.54) is 18.4 Å². The number of halogens is 1. The fraction of sp³-hybridized carbons (Fsp3) is 0.353. The maximum atomic E-state index is 12.8. The van der Waals surface area contributed by atoms with Crippen LogP contribution < -0.4 is 15.9 Å². The molecule has 1 amide bonds. The summed E-state index contributed by atoms with van der Waals surface area (Å²) in [6.07, 6.45) is 4.65. The second-order valence-corrected chi connectivity index (χ2v) is 8.23.